The standard InChI is InChI=1S/C15H20N2O3/c1-11-7-6-10-17(13(11)14(18)19)15(20)16(2)12-8-4-3-5-9-12/h3-5,8-9,11,13H,6-7,10H2,1-2H3,(H,18,19). The normalized spacial score (nSPS) is 22.4. The molecule has 0 radical (unpaired) electrons. The molecule has 5 nitrogen and oxygen atoms in total. The van der Waals surface area contributed by atoms with Crippen molar-refractivity contribution in [2.45, 2.75) is 25.8 Å². The van der Waals surface area contributed by atoms with Crippen molar-refractivity contribution in [2.75, 3.05) is 18.5 Å². The van der Waals surface area contributed by atoms with Crippen LogP contribution in [0.25, 0.3) is 0 Å². The highest BCUT2D eigenvalue weighted by Gasteiger charge is 2.38. The third-order valence-electron chi connectivity index (χ3n) is 3.86. The molecule has 1 heterocycles. The SMILES string of the molecule is CC1CCCN(C(=O)N(C)c2ccccc2)C1C(=O)O. The molecule has 0 bridgehead atoms. The van der Waals surface area contributed by atoms with E-state index in [4.69, 9.17) is 0 Å². The van der Waals surface area contributed by atoms with Crippen molar-refractivity contribution in [2.24, 2.45) is 5.92 Å². The van der Waals surface area contributed by atoms with E-state index in [-0.39, 0.29) is 11.9 Å². The van der Waals surface area contributed by atoms with Gasteiger partial charge in [-0.2, -0.15) is 0 Å². The molecule has 1 aliphatic rings. The Morgan fingerprint density at radius 1 is 1.30 bits per heavy atom. The number of nitrogens with zero attached hydrogens (tertiary/aromatic N) is 2. The molecule has 2 amide bonds. The first kappa shape index (κ1) is 14.4. The maximum Gasteiger partial charge on any atom is 0.326 e. The molecule has 0 spiro atoms. The quantitative estimate of drug-likeness (QED) is 0.902. The summed E-state index contributed by atoms with van der Waals surface area (Å²) in [5, 5.41) is 9.37. The maximum absolute atomic E-state index is 12.5. The number of rotatable bonds is 2. The minimum absolute atomic E-state index is 0.0191. The summed E-state index contributed by atoms with van der Waals surface area (Å²) in [7, 11) is 1.68. The molecular formula is C15H20N2O3. The highest BCUT2D eigenvalue weighted by molar-refractivity contribution is 5.94. The lowest BCUT2D eigenvalue weighted by atomic mass is 9.91. The van der Waals surface area contributed by atoms with E-state index in [0.717, 1.165) is 18.5 Å². The summed E-state index contributed by atoms with van der Waals surface area (Å²) < 4.78 is 0. The second kappa shape index (κ2) is 5.94. The Morgan fingerprint density at radius 2 is 1.95 bits per heavy atom. The number of piperidine rings is 1. The Labute approximate surface area is 118 Å². The van der Waals surface area contributed by atoms with E-state index in [2.05, 4.69) is 0 Å². The Balaban J connectivity index is 2.20. The molecule has 1 saturated heterocycles. The molecule has 1 aromatic carbocycles. The molecule has 20 heavy (non-hydrogen) atoms. The molecule has 1 aliphatic heterocycles. The Bertz CT molecular complexity index is 489. The van der Waals surface area contributed by atoms with Gasteiger partial charge in [-0.25, -0.2) is 9.59 Å². The molecule has 2 rings (SSSR count). The summed E-state index contributed by atoms with van der Waals surface area (Å²) in [5.41, 5.74) is 0.764. The van der Waals surface area contributed by atoms with Crippen molar-refractivity contribution in [3.63, 3.8) is 0 Å². The fraction of sp³-hybridized carbons (Fsp3) is 0.467. The van der Waals surface area contributed by atoms with Gasteiger partial charge in [0.1, 0.15) is 6.04 Å². The number of hydrogen-bond acceptors (Lipinski definition) is 2. The van der Waals surface area contributed by atoms with Gasteiger partial charge in [0.15, 0.2) is 0 Å². The van der Waals surface area contributed by atoms with Crippen LogP contribution in [0.4, 0.5) is 10.5 Å². The van der Waals surface area contributed by atoms with E-state index in [1.807, 2.05) is 37.3 Å². The summed E-state index contributed by atoms with van der Waals surface area (Å²) in [6, 6.07) is 8.27. The molecular weight excluding hydrogens is 256 g/mol. The molecule has 0 aromatic heterocycles. The van der Waals surface area contributed by atoms with Crippen molar-refractivity contribution >= 4 is 17.7 Å². The van der Waals surface area contributed by atoms with Crippen molar-refractivity contribution in [1.29, 1.82) is 0 Å². The molecule has 108 valence electrons. The van der Waals surface area contributed by atoms with Crippen LogP contribution in [0, 0.1) is 5.92 Å². The lowest BCUT2D eigenvalue weighted by Gasteiger charge is -2.39. The number of carboxylic acids is 1. The van der Waals surface area contributed by atoms with Crippen LogP contribution in [0.5, 0.6) is 0 Å². The molecule has 0 saturated carbocycles. The number of carboxylic acid groups (broad SMARTS) is 1. The summed E-state index contributed by atoms with van der Waals surface area (Å²) >= 11 is 0. The smallest absolute Gasteiger partial charge is 0.326 e. The van der Waals surface area contributed by atoms with Crippen LogP contribution in [0.2, 0.25) is 0 Å². The van der Waals surface area contributed by atoms with Crippen molar-refractivity contribution < 1.29 is 14.7 Å². The Hall–Kier alpha value is -2.04. The van der Waals surface area contributed by atoms with Crippen LogP contribution >= 0.6 is 0 Å². The van der Waals surface area contributed by atoms with Crippen molar-refractivity contribution in [1.82, 2.24) is 4.90 Å². The zero-order chi connectivity index (χ0) is 14.7. The van der Waals surface area contributed by atoms with E-state index in [0.29, 0.717) is 6.54 Å². The predicted octanol–water partition coefficient (Wildman–Crippen LogP) is 2.43. The van der Waals surface area contributed by atoms with Gasteiger partial charge in [-0.1, -0.05) is 25.1 Å². The second-order valence-electron chi connectivity index (χ2n) is 5.27. The van der Waals surface area contributed by atoms with Gasteiger partial charge in [0, 0.05) is 19.3 Å². The minimum Gasteiger partial charge on any atom is -0.480 e. The number of anilines is 1. The van der Waals surface area contributed by atoms with Gasteiger partial charge in [-0.15, -0.1) is 0 Å². The van der Waals surface area contributed by atoms with Crippen molar-refractivity contribution in [3.8, 4) is 0 Å². The zero-order valence-corrected chi connectivity index (χ0v) is 11.8. The largest absolute Gasteiger partial charge is 0.480 e. The number of carbonyl (C=O) groups excluding carboxylic acids is 1. The van der Waals surface area contributed by atoms with Crippen LogP contribution in [-0.2, 0) is 4.79 Å². The number of aliphatic carboxylic acids is 1. The van der Waals surface area contributed by atoms with Gasteiger partial charge in [0.25, 0.3) is 0 Å². The Kier molecular flexibility index (Phi) is 4.27. The maximum atomic E-state index is 12.5. The topological polar surface area (TPSA) is 60.9 Å². The molecule has 1 N–H and O–H groups in total. The molecule has 2 atom stereocenters. The number of likely N-dealkylation sites (tertiary alicyclic amines) is 1. The van der Waals surface area contributed by atoms with Gasteiger partial charge in [0.05, 0.1) is 0 Å². The number of benzene rings is 1. The van der Waals surface area contributed by atoms with E-state index in [1.165, 1.54) is 9.80 Å². The lowest BCUT2D eigenvalue weighted by Crippen LogP contribution is -2.55. The monoisotopic (exact) mass is 276 g/mol. The van der Waals surface area contributed by atoms with Crippen LogP contribution in [0.1, 0.15) is 19.8 Å². The second-order valence-corrected chi connectivity index (χ2v) is 5.27. The number of para-hydroxylation sites is 1. The highest BCUT2D eigenvalue weighted by Crippen LogP contribution is 2.25. The number of hydrogen-bond donors (Lipinski definition) is 1. The molecule has 0 aliphatic carbocycles. The van der Waals surface area contributed by atoms with Gasteiger partial charge in [0.2, 0.25) is 0 Å². The first-order valence-electron chi connectivity index (χ1n) is 6.84. The minimum atomic E-state index is -0.924. The lowest BCUT2D eigenvalue weighted by molar-refractivity contribution is -0.145. The fourth-order valence-corrected chi connectivity index (χ4v) is 2.73. The van der Waals surface area contributed by atoms with Crippen LogP contribution < -0.4 is 4.90 Å². The van der Waals surface area contributed by atoms with Gasteiger partial charge >= 0.3 is 12.0 Å². The van der Waals surface area contributed by atoms with Gasteiger partial charge in [-0.3, -0.25) is 4.90 Å². The number of amides is 2. The third-order valence-corrected chi connectivity index (χ3v) is 3.86. The van der Waals surface area contributed by atoms with Crippen LogP contribution in [0.15, 0.2) is 30.3 Å². The van der Waals surface area contributed by atoms with Gasteiger partial charge < -0.3 is 10.0 Å². The predicted molar refractivity (Wildman–Crippen MR) is 76.8 cm³/mol. The average molecular weight is 276 g/mol. The summed E-state index contributed by atoms with van der Waals surface area (Å²) in [6.07, 6.45) is 1.69. The van der Waals surface area contributed by atoms with E-state index >= 15 is 0 Å². The van der Waals surface area contributed by atoms with E-state index in [1.54, 1.807) is 7.05 Å². The third kappa shape index (κ3) is 2.76. The fourth-order valence-electron chi connectivity index (χ4n) is 2.73. The molecule has 2 unspecified atom stereocenters. The summed E-state index contributed by atoms with van der Waals surface area (Å²) in [5.74, 6) is -0.943. The molecule has 1 aromatic rings. The summed E-state index contributed by atoms with van der Waals surface area (Å²) in [6.45, 7) is 2.39. The Morgan fingerprint density at radius 3 is 2.55 bits per heavy atom. The van der Waals surface area contributed by atoms with Crippen LogP contribution in [-0.4, -0.2) is 41.6 Å². The number of carbonyl (C=O) groups is 2. The number of urea groups is 1. The highest BCUT2D eigenvalue weighted by atomic mass is 16.4. The first-order chi connectivity index (χ1) is 9.52. The first-order valence-corrected chi connectivity index (χ1v) is 6.84. The van der Waals surface area contributed by atoms with Crippen molar-refractivity contribution in [3.05, 3.63) is 30.3 Å². The molecule has 1 fully saturated rings. The van der Waals surface area contributed by atoms with E-state index < -0.39 is 12.0 Å². The summed E-state index contributed by atoms with van der Waals surface area (Å²) in [4.78, 5) is 27.0. The molecule has 5 heteroatoms. The van der Waals surface area contributed by atoms with E-state index in [9.17, 15) is 14.7 Å². The average Bonchev–Trinajstić information content (AvgIpc) is 2.46. The van der Waals surface area contributed by atoms with Gasteiger partial charge in [-0.05, 0) is 30.9 Å². The zero-order valence-electron chi connectivity index (χ0n) is 11.8. The van der Waals surface area contributed by atoms with Crippen LogP contribution in [0.3, 0.4) is 0 Å².